The van der Waals surface area contributed by atoms with E-state index < -0.39 is 0 Å². The number of hydrogen-bond donors (Lipinski definition) is 0. The van der Waals surface area contributed by atoms with Crippen LogP contribution in [0.1, 0.15) is 16.7 Å². The average molecular weight is 527 g/mol. The van der Waals surface area contributed by atoms with Crippen molar-refractivity contribution < 1.29 is 14.3 Å². The highest BCUT2D eigenvalue weighted by molar-refractivity contribution is 8.27. The SMILES string of the molecule is COc1cc(/C=C2/SC(=S)N(c3ccc(Cl)cc3)C2=O)cc(Cl)c1OCc1ccccc1C#N. The van der Waals surface area contributed by atoms with E-state index in [2.05, 4.69) is 6.07 Å². The summed E-state index contributed by atoms with van der Waals surface area (Å²) in [6.07, 6.45) is 1.71. The first-order valence-corrected chi connectivity index (χ1v) is 11.9. The number of rotatable bonds is 6. The summed E-state index contributed by atoms with van der Waals surface area (Å²) in [6, 6.07) is 19.6. The molecule has 1 heterocycles. The van der Waals surface area contributed by atoms with Crippen LogP contribution in [0.3, 0.4) is 0 Å². The van der Waals surface area contributed by atoms with Crippen molar-refractivity contribution in [2.24, 2.45) is 0 Å². The van der Waals surface area contributed by atoms with E-state index in [1.165, 1.54) is 23.8 Å². The molecule has 3 aromatic carbocycles. The molecule has 170 valence electrons. The van der Waals surface area contributed by atoms with Crippen LogP contribution < -0.4 is 14.4 Å². The van der Waals surface area contributed by atoms with Crippen LogP contribution in [0.4, 0.5) is 5.69 Å². The number of nitrogens with zero attached hydrogens (tertiary/aromatic N) is 2. The Hall–Kier alpha value is -3.02. The first-order chi connectivity index (χ1) is 16.4. The average Bonchev–Trinajstić information content (AvgIpc) is 3.11. The Labute approximate surface area is 216 Å². The minimum absolute atomic E-state index is 0.152. The predicted molar refractivity (Wildman–Crippen MR) is 141 cm³/mol. The predicted octanol–water partition coefficient (Wildman–Crippen LogP) is 6.86. The van der Waals surface area contributed by atoms with E-state index in [0.29, 0.717) is 47.6 Å². The van der Waals surface area contributed by atoms with Crippen molar-refractivity contribution in [2.45, 2.75) is 6.61 Å². The molecule has 5 nitrogen and oxygen atoms in total. The number of ether oxygens (including phenoxy) is 2. The smallest absolute Gasteiger partial charge is 0.270 e. The highest BCUT2D eigenvalue weighted by Gasteiger charge is 2.33. The number of amides is 1. The molecular formula is C25H16Cl2N2O3S2. The molecule has 0 aromatic heterocycles. The van der Waals surface area contributed by atoms with Crippen LogP contribution in [0.15, 0.2) is 65.6 Å². The molecule has 1 fully saturated rings. The number of anilines is 1. The van der Waals surface area contributed by atoms with Gasteiger partial charge in [-0.1, -0.05) is 65.4 Å². The molecule has 1 amide bonds. The lowest BCUT2D eigenvalue weighted by Crippen LogP contribution is -2.27. The zero-order chi connectivity index (χ0) is 24.2. The quantitative estimate of drug-likeness (QED) is 0.258. The lowest BCUT2D eigenvalue weighted by Gasteiger charge is -2.14. The molecule has 3 aromatic rings. The number of methoxy groups -OCH3 is 1. The zero-order valence-electron chi connectivity index (χ0n) is 17.7. The van der Waals surface area contributed by atoms with Gasteiger partial charge in [-0.2, -0.15) is 5.26 Å². The zero-order valence-corrected chi connectivity index (χ0v) is 20.9. The van der Waals surface area contributed by atoms with Gasteiger partial charge in [0.2, 0.25) is 0 Å². The monoisotopic (exact) mass is 526 g/mol. The summed E-state index contributed by atoms with van der Waals surface area (Å²) in [6.45, 7) is 0.152. The molecule has 4 rings (SSSR count). The topological polar surface area (TPSA) is 62.6 Å². The largest absolute Gasteiger partial charge is 0.493 e. The number of thioether (sulfide) groups is 1. The van der Waals surface area contributed by atoms with E-state index in [0.717, 1.165) is 5.56 Å². The molecule has 0 radical (unpaired) electrons. The second kappa shape index (κ2) is 10.5. The molecule has 0 bridgehead atoms. The van der Waals surface area contributed by atoms with Crippen LogP contribution in [-0.4, -0.2) is 17.3 Å². The second-order valence-corrected chi connectivity index (χ2v) is 9.60. The number of carbonyl (C=O) groups excluding carboxylic acids is 1. The molecular weight excluding hydrogens is 511 g/mol. The molecule has 0 saturated carbocycles. The number of thiocarbonyl (C=S) groups is 1. The number of nitriles is 1. The molecule has 0 atom stereocenters. The van der Waals surface area contributed by atoms with Crippen molar-refractivity contribution in [3.8, 4) is 17.6 Å². The van der Waals surface area contributed by atoms with Gasteiger partial charge < -0.3 is 9.47 Å². The molecule has 1 aliphatic rings. The molecule has 0 spiro atoms. The van der Waals surface area contributed by atoms with Crippen molar-refractivity contribution in [1.82, 2.24) is 0 Å². The maximum Gasteiger partial charge on any atom is 0.270 e. The van der Waals surface area contributed by atoms with Gasteiger partial charge in [0.1, 0.15) is 6.61 Å². The summed E-state index contributed by atoms with van der Waals surface area (Å²) in [5.74, 6) is 0.519. The van der Waals surface area contributed by atoms with Crippen molar-refractivity contribution in [3.05, 3.63) is 92.3 Å². The van der Waals surface area contributed by atoms with E-state index >= 15 is 0 Å². The summed E-state index contributed by atoms with van der Waals surface area (Å²) < 4.78 is 11.8. The third-order valence-corrected chi connectivity index (χ3v) is 6.77. The van der Waals surface area contributed by atoms with Gasteiger partial charge in [0.25, 0.3) is 5.91 Å². The first-order valence-electron chi connectivity index (χ1n) is 9.93. The summed E-state index contributed by atoms with van der Waals surface area (Å²) in [5.41, 5.74) is 2.56. The Morgan fingerprint density at radius 2 is 1.88 bits per heavy atom. The van der Waals surface area contributed by atoms with Gasteiger partial charge in [-0.25, -0.2) is 0 Å². The number of hydrogen-bond acceptors (Lipinski definition) is 6. The van der Waals surface area contributed by atoms with Crippen LogP contribution in [0, 0.1) is 11.3 Å². The summed E-state index contributed by atoms with van der Waals surface area (Å²) in [4.78, 5) is 14.9. The minimum Gasteiger partial charge on any atom is -0.493 e. The number of carbonyl (C=O) groups is 1. The fourth-order valence-corrected chi connectivity index (χ4v) is 5.00. The van der Waals surface area contributed by atoms with Crippen LogP contribution in [0.25, 0.3) is 6.08 Å². The number of benzene rings is 3. The van der Waals surface area contributed by atoms with Crippen molar-refractivity contribution in [1.29, 1.82) is 5.26 Å². The normalized spacial score (nSPS) is 14.4. The van der Waals surface area contributed by atoms with Gasteiger partial charge in [0.15, 0.2) is 15.8 Å². The number of halogens is 2. The second-order valence-electron chi connectivity index (χ2n) is 7.09. The molecule has 1 aliphatic heterocycles. The van der Waals surface area contributed by atoms with Crippen molar-refractivity contribution in [2.75, 3.05) is 12.0 Å². The Balaban J connectivity index is 1.59. The molecule has 1 saturated heterocycles. The van der Waals surface area contributed by atoms with E-state index in [1.54, 1.807) is 54.6 Å². The van der Waals surface area contributed by atoms with E-state index in [9.17, 15) is 10.1 Å². The van der Waals surface area contributed by atoms with Gasteiger partial charge in [0, 0.05) is 10.6 Å². The summed E-state index contributed by atoms with van der Waals surface area (Å²) >= 11 is 19.1. The fraction of sp³-hybridized carbons (Fsp3) is 0.0800. The highest BCUT2D eigenvalue weighted by Crippen LogP contribution is 2.40. The van der Waals surface area contributed by atoms with Crippen molar-refractivity contribution in [3.63, 3.8) is 0 Å². The van der Waals surface area contributed by atoms with E-state index in [-0.39, 0.29) is 12.5 Å². The lowest BCUT2D eigenvalue weighted by molar-refractivity contribution is -0.113. The van der Waals surface area contributed by atoms with Gasteiger partial charge in [-0.3, -0.25) is 9.69 Å². The Morgan fingerprint density at radius 1 is 1.15 bits per heavy atom. The van der Waals surface area contributed by atoms with Crippen LogP contribution in [-0.2, 0) is 11.4 Å². The maximum absolute atomic E-state index is 13.0. The molecule has 34 heavy (non-hydrogen) atoms. The van der Waals surface area contributed by atoms with Crippen molar-refractivity contribution >= 4 is 69.2 Å². The van der Waals surface area contributed by atoms with Crippen LogP contribution >= 0.6 is 47.2 Å². The summed E-state index contributed by atoms with van der Waals surface area (Å²) in [7, 11) is 1.51. The molecule has 0 N–H and O–H groups in total. The molecule has 0 unspecified atom stereocenters. The van der Waals surface area contributed by atoms with Gasteiger partial charge in [-0.15, -0.1) is 0 Å². The van der Waals surface area contributed by atoms with Gasteiger partial charge in [0.05, 0.1) is 34.4 Å². The minimum atomic E-state index is -0.235. The highest BCUT2D eigenvalue weighted by atomic mass is 35.5. The van der Waals surface area contributed by atoms with Gasteiger partial charge in [-0.05, 0) is 54.1 Å². The van der Waals surface area contributed by atoms with E-state index in [4.69, 9.17) is 44.9 Å². The Bertz CT molecular complexity index is 1350. The van der Waals surface area contributed by atoms with E-state index in [1.807, 2.05) is 12.1 Å². The maximum atomic E-state index is 13.0. The Morgan fingerprint density at radius 3 is 2.59 bits per heavy atom. The third-order valence-electron chi connectivity index (χ3n) is 4.94. The van der Waals surface area contributed by atoms with Gasteiger partial charge >= 0.3 is 0 Å². The molecule has 0 aliphatic carbocycles. The van der Waals surface area contributed by atoms with Crippen LogP contribution in [0.2, 0.25) is 10.0 Å². The lowest BCUT2D eigenvalue weighted by atomic mass is 10.1. The molecule has 9 heteroatoms. The first kappa shape index (κ1) is 24.1. The third kappa shape index (κ3) is 5.06. The summed E-state index contributed by atoms with van der Waals surface area (Å²) in [5, 5.41) is 10.2. The fourth-order valence-electron chi connectivity index (χ4n) is 3.30. The van der Waals surface area contributed by atoms with Crippen LogP contribution in [0.5, 0.6) is 11.5 Å². The Kier molecular flexibility index (Phi) is 7.44. The standard InChI is InChI=1S/C25H16Cl2N2O3S2/c1-31-21-11-15(10-20(27)23(21)32-14-17-5-3-2-4-16(17)13-28)12-22-24(30)29(25(33)34-22)19-8-6-18(26)7-9-19/h2-12H,14H2,1H3/b22-12+.